The number of rotatable bonds is 7. The minimum atomic E-state index is -3.22. The van der Waals surface area contributed by atoms with Crippen molar-refractivity contribution in [3.05, 3.63) is 29.8 Å². The van der Waals surface area contributed by atoms with E-state index in [2.05, 4.69) is 5.32 Å². The molecule has 0 bridgehead atoms. The number of sulfonamides is 1. The van der Waals surface area contributed by atoms with Gasteiger partial charge in [0.25, 0.3) is 0 Å². The first kappa shape index (κ1) is 18.7. The fourth-order valence-electron chi connectivity index (χ4n) is 2.90. The van der Waals surface area contributed by atoms with E-state index in [0.717, 1.165) is 31.4 Å². The normalized spacial score (nSPS) is 19.0. The third-order valence-electron chi connectivity index (χ3n) is 4.32. The van der Waals surface area contributed by atoms with Crippen LogP contribution in [0.5, 0.6) is 5.75 Å². The van der Waals surface area contributed by atoms with Crippen LogP contribution in [-0.2, 0) is 21.2 Å². The van der Waals surface area contributed by atoms with Crippen molar-refractivity contribution < 1.29 is 17.9 Å². The minimum Gasteiger partial charge on any atom is -0.497 e. The highest BCUT2D eigenvalue weighted by molar-refractivity contribution is 7.88. The van der Waals surface area contributed by atoms with E-state index in [-0.39, 0.29) is 11.8 Å². The number of nitrogens with one attached hydrogen (secondary N) is 1. The fraction of sp³-hybridized carbons (Fsp3) is 0.588. The van der Waals surface area contributed by atoms with Gasteiger partial charge in [-0.25, -0.2) is 12.7 Å². The van der Waals surface area contributed by atoms with E-state index < -0.39 is 10.0 Å². The molecule has 1 aromatic carbocycles. The van der Waals surface area contributed by atoms with Crippen molar-refractivity contribution in [2.75, 3.05) is 33.0 Å². The Labute approximate surface area is 144 Å². The molecule has 1 saturated heterocycles. The number of hydrogen-bond donors (Lipinski definition) is 1. The number of hydrogen-bond acceptors (Lipinski definition) is 4. The van der Waals surface area contributed by atoms with Gasteiger partial charge in [0.1, 0.15) is 5.75 Å². The minimum absolute atomic E-state index is 0.0434. The van der Waals surface area contributed by atoms with E-state index in [0.29, 0.717) is 19.6 Å². The lowest BCUT2D eigenvalue weighted by molar-refractivity contribution is -0.126. The van der Waals surface area contributed by atoms with Crippen LogP contribution >= 0.6 is 0 Å². The second-order valence-corrected chi connectivity index (χ2v) is 8.19. The zero-order valence-electron chi connectivity index (χ0n) is 14.3. The quantitative estimate of drug-likeness (QED) is 0.752. The van der Waals surface area contributed by atoms with Gasteiger partial charge < -0.3 is 10.1 Å². The summed E-state index contributed by atoms with van der Waals surface area (Å²) in [4.78, 5) is 12.2. The molecule has 1 aliphatic heterocycles. The molecule has 1 fully saturated rings. The lowest BCUT2D eigenvalue weighted by Gasteiger charge is -2.30. The van der Waals surface area contributed by atoms with Gasteiger partial charge in [0.05, 0.1) is 19.3 Å². The summed E-state index contributed by atoms with van der Waals surface area (Å²) in [7, 11) is -1.58. The molecule has 0 aromatic heterocycles. The summed E-state index contributed by atoms with van der Waals surface area (Å²) < 4.78 is 29.7. The smallest absolute Gasteiger partial charge is 0.224 e. The van der Waals surface area contributed by atoms with Crippen LogP contribution in [0.25, 0.3) is 0 Å². The first-order valence-electron chi connectivity index (χ1n) is 8.26. The summed E-state index contributed by atoms with van der Waals surface area (Å²) in [5.74, 6) is 0.548. The van der Waals surface area contributed by atoms with E-state index in [4.69, 9.17) is 4.74 Å². The van der Waals surface area contributed by atoms with Crippen LogP contribution < -0.4 is 10.1 Å². The molecule has 0 saturated carbocycles. The third kappa shape index (κ3) is 5.49. The molecule has 1 amide bonds. The monoisotopic (exact) mass is 354 g/mol. The first-order valence-corrected chi connectivity index (χ1v) is 10.1. The molecular formula is C17H26N2O4S. The molecule has 0 radical (unpaired) electrons. The van der Waals surface area contributed by atoms with Crippen molar-refractivity contribution in [3.63, 3.8) is 0 Å². The Kier molecular flexibility index (Phi) is 6.62. The Morgan fingerprint density at radius 3 is 2.67 bits per heavy atom. The van der Waals surface area contributed by atoms with Gasteiger partial charge >= 0.3 is 0 Å². The van der Waals surface area contributed by atoms with Crippen LogP contribution in [0.4, 0.5) is 0 Å². The van der Waals surface area contributed by atoms with E-state index >= 15 is 0 Å². The average molecular weight is 354 g/mol. The summed E-state index contributed by atoms with van der Waals surface area (Å²) in [6, 6.07) is 7.89. The molecule has 2 rings (SSSR count). The number of carbonyl (C=O) groups is 1. The first-order chi connectivity index (χ1) is 11.4. The van der Waals surface area contributed by atoms with Crippen LogP contribution in [0.2, 0.25) is 0 Å². The van der Waals surface area contributed by atoms with Crippen LogP contribution in [0.15, 0.2) is 24.3 Å². The Bertz CT molecular complexity index is 643. The lowest BCUT2D eigenvalue weighted by Crippen LogP contribution is -2.45. The summed E-state index contributed by atoms with van der Waals surface area (Å²) in [6.07, 6.45) is 4.40. The number of benzene rings is 1. The largest absolute Gasteiger partial charge is 0.497 e. The van der Waals surface area contributed by atoms with Crippen molar-refractivity contribution in [2.24, 2.45) is 5.92 Å². The van der Waals surface area contributed by atoms with Crippen molar-refractivity contribution in [1.82, 2.24) is 9.62 Å². The summed E-state index contributed by atoms with van der Waals surface area (Å²) in [5, 5.41) is 2.93. The van der Waals surface area contributed by atoms with Gasteiger partial charge in [0.15, 0.2) is 0 Å². The zero-order valence-corrected chi connectivity index (χ0v) is 15.1. The second kappa shape index (κ2) is 8.48. The van der Waals surface area contributed by atoms with E-state index in [1.807, 2.05) is 24.3 Å². The summed E-state index contributed by atoms with van der Waals surface area (Å²) in [6.45, 7) is 1.41. The molecule has 1 N–H and O–H groups in total. The molecule has 24 heavy (non-hydrogen) atoms. The Balaban J connectivity index is 1.72. The lowest BCUT2D eigenvalue weighted by atomic mass is 9.99. The predicted octanol–water partition coefficient (Wildman–Crippen LogP) is 1.42. The number of carbonyl (C=O) groups excluding carboxylic acids is 1. The Morgan fingerprint density at radius 1 is 1.33 bits per heavy atom. The van der Waals surface area contributed by atoms with Crippen molar-refractivity contribution in [1.29, 1.82) is 0 Å². The van der Waals surface area contributed by atoms with Gasteiger partial charge in [-0.15, -0.1) is 0 Å². The van der Waals surface area contributed by atoms with Crippen LogP contribution in [0.1, 0.15) is 24.8 Å². The van der Waals surface area contributed by atoms with Gasteiger partial charge in [-0.3, -0.25) is 4.79 Å². The second-order valence-electron chi connectivity index (χ2n) is 6.20. The number of methoxy groups -OCH3 is 1. The van der Waals surface area contributed by atoms with E-state index in [1.54, 1.807) is 7.11 Å². The van der Waals surface area contributed by atoms with Gasteiger partial charge in [-0.1, -0.05) is 12.1 Å². The molecule has 0 aliphatic carbocycles. The predicted molar refractivity (Wildman–Crippen MR) is 93.5 cm³/mol. The number of amides is 1. The van der Waals surface area contributed by atoms with Gasteiger partial charge in [-0.05, 0) is 43.4 Å². The molecule has 1 aromatic rings. The highest BCUT2D eigenvalue weighted by atomic mass is 32.2. The highest BCUT2D eigenvalue weighted by Gasteiger charge is 2.29. The van der Waals surface area contributed by atoms with Crippen molar-refractivity contribution in [3.8, 4) is 5.75 Å². The summed E-state index contributed by atoms with van der Waals surface area (Å²) >= 11 is 0. The maximum absolute atomic E-state index is 12.2. The van der Waals surface area contributed by atoms with Gasteiger partial charge in [0.2, 0.25) is 15.9 Å². The van der Waals surface area contributed by atoms with Gasteiger partial charge in [-0.2, -0.15) is 0 Å². The number of nitrogens with zero attached hydrogens (tertiary/aromatic N) is 1. The standard InChI is InChI=1S/C17H26N2O4S/c1-23-16-9-7-14(8-10-16)5-3-11-18-17(20)15-6-4-12-19(13-15)24(2,21)22/h7-10,15H,3-6,11-13H2,1-2H3,(H,18,20)/t15-/m1/s1. The zero-order chi connectivity index (χ0) is 17.6. The number of ether oxygens (including phenoxy) is 1. The molecule has 6 nitrogen and oxygen atoms in total. The van der Waals surface area contributed by atoms with Crippen molar-refractivity contribution in [2.45, 2.75) is 25.7 Å². The molecule has 1 heterocycles. The van der Waals surface area contributed by atoms with E-state index in [9.17, 15) is 13.2 Å². The SMILES string of the molecule is COc1ccc(CCCNC(=O)[C@@H]2CCCN(S(C)(=O)=O)C2)cc1. The van der Waals surface area contributed by atoms with Gasteiger partial charge in [0, 0.05) is 19.6 Å². The molecule has 134 valence electrons. The molecule has 0 spiro atoms. The Morgan fingerprint density at radius 2 is 2.04 bits per heavy atom. The summed E-state index contributed by atoms with van der Waals surface area (Å²) in [5.41, 5.74) is 1.20. The Hall–Kier alpha value is -1.60. The van der Waals surface area contributed by atoms with Crippen molar-refractivity contribution >= 4 is 15.9 Å². The van der Waals surface area contributed by atoms with Crippen LogP contribution in [0, 0.1) is 5.92 Å². The third-order valence-corrected chi connectivity index (χ3v) is 5.59. The van der Waals surface area contributed by atoms with Crippen LogP contribution in [-0.4, -0.2) is 51.6 Å². The molecule has 7 heteroatoms. The molecule has 1 atom stereocenters. The van der Waals surface area contributed by atoms with Crippen LogP contribution in [0.3, 0.4) is 0 Å². The topological polar surface area (TPSA) is 75.7 Å². The fourth-order valence-corrected chi connectivity index (χ4v) is 3.81. The maximum Gasteiger partial charge on any atom is 0.224 e. The molecule has 1 aliphatic rings. The maximum atomic E-state index is 12.2. The molecule has 0 unspecified atom stereocenters. The van der Waals surface area contributed by atoms with E-state index in [1.165, 1.54) is 16.1 Å². The highest BCUT2D eigenvalue weighted by Crippen LogP contribution is 2.19. The molecular weight excluding hydrogens is 328 g/mol. The number of aryl methyl sites for hydroxylation is 1. The number of piperidine rings is 1. The average Bonchev–Trinajstić information content (AvgIpc) is 2.58.